The van der Waals surface area contributed by atoms with E-state index in [1.54, 1.807) is 24.3 Å². The molecule has 0 amide bonds. The topological polar surface area (TPSA) is 52.3 Å². The van der Waals surface area contributed by atoms with Crippen LogP contribution in [0.3, 0.4) is 0 Å². The van der Waals surface area contributed by atoms with Gasteiger partial charge in [0.1, 0.15) is 6.61 Å². The van der Waals surface area contributed by atoms with Gasteiger partial charge in [-0.3, -0.25) is 0 Å². The third-order valence-corrected chi connectivity index (χ3v) is 3.31. The summed E-state index contributed by atoms with van der Waals surface area (Å²) in [6.07, 6.45) is 0. The molecule has 0 aliphatic heterocycles. The summed E-state index contributed by atoms with van der Waals surface area (Å²) < 4.78 is 5.30. The Labute approximate surface area is 125 Å². The van der Waals surface area contributed by atoms with Gasteiger partial charge >= 0.3 is 5.97 Å². The standard InChI is InChI=1S/C18H21NO2/c1-18(2,3)15-9-7-13(8-10-15)12-21-17(20)14-5-4-6-16(19)11-14/h4-11H,12,19H2,1-3H3. The summed E-state index contributed by atoms with van der Waals surface area (Å²) in [4.78, 5) is 11.9. The number of benzene rings is 2. The minimum absolute atomic E-state index is 0.122. The van der Waals surface area contributed by atoms with E-state index in [1.807, 2.05) is 12.1 Å². The van der Waals surface area contributed by atoms with Crippen molar-refractivity contribution in [2.45, 2.75) is 32.8 Å². The van der Waals surface area contributed by atoms with Crippen LogP contribution in [0, 0.1) is 0 Å². The molecule has 2 aromatic rings. The molecule has 0 unspecified atom stereocenters. The second-order valence-electron chi connectivity index (χ2n) is 6.15. The molecule has 0 aromatic heterocycles. The van der Waals surface area contributed by atoms with E-state index >= 15 is 0 Å². The summed E-state index contributed by atoms with van der Waals surface area (Å²) in [6, 6.07) is 14.9. The van der Waals surface area contributed by atoms with Gasteiger partial charge < -0.3 is 10.5 Å². The number of rotatable bonds is 3. The van der Waals surface area contributed by atoms with Crippen LogP contribution in [0.1, 0.15) is 42.3 Å². The number of carbonyl (C=O) groups excluding carboxylic acids is 1. The Hall–Kier alpha value is -2.29. The lowest BCUT2D eigenvalue weighted by atomic mass is 9.87. The van der Waals surface area contributed by atoms with Crippen molar-refractivity contribution in [3.05, 3.63) is 65.2 Å². The van der Waals surface area contributed by atoms with Gasteiger partial charge in [-0.1, -0.05) is 51.1 Å². The number of nitrogens with two attached hydrogens (primary N) is 1. The average molecular weight is 283 g/mol. The Morgan fingerprint density at radius 1 is 1.10 bits per heavy atom. The van der Waals surface area contributed by atoms with Crippen molar-refractivity contribution in [1.82, 2.24) is 0 Å². The number of nitrogen functional groups attached to an aromatic ring is 1. The predicted molar refractivity (Wildman–Crippen MR) is 85.1 cm³/mol. The second kappa shape index (κ2) is 6.00. The Morgan fingerprint density at radius 3 is 2.33 bits per heavy atom. The zero-order valence-electron chi connectivity index (χ0n) is 12.7. The molecule has 21 heavy (non-hydrogen) atoms. The zero-order chi connectivity index (χ0) is 15.5. The van der Waals surface area contributed by atoms with Crippen LogP contribution in [-0.4, -0.2) is 5.97 Å². The Bertz CT molecular complexity index is 624. The van der Waals surface area contributed by atoms with E-state index in [0.717, 1.165) is 5.56 Å². The lowest BCUT2D eigenvalue weighted by Gasteiger charge is -2.19. The highest BCUT2D eigenvalue weighted by molar-refractivity contribution is 5.90. The van der Waals surface area contributed by atoms with Crippen LogP contribution in [-0.2, 0) is 16.8 Å². The normalized spacial score (nSPS) is 11.2. The molecule has 0 atom stereocenters. The fourth-order valence-electron chi connectivity index (χ4n) is 2.00. The molecule has 0 spiro atoms. The molecule has 3 nitrogen and oxygen atoms in total. The van der Waals surface area contributed by atoms with Crippen molar-refractivity contribution < 1.29 is 9.53 Å². The van der Waals surface area contributed by atoms with Gasteiger partial charge in [-0.05, 0) is 34.7 Å². The van der Waals surface area contributed by atoms with Crippen LogP contribution < -0.4 is 5.73 Å². The highest BCUT2D eigenvalue weighted by Gasteiger charge is 2.13. The highest BCUT2D eigenvalue weighted by Crippen LogP contribution is 2.22. The zero-order valence-corrected chi connectivity index (χ0v) is 12.7. The largest absolute Gasteiger partial charge is 0.457 e. The van der Waals surface area contributed by atoms with E-state index < -0.39 is 0 Å². The number of hydrogen-bond acceptors (Lipinski definition) is 3. The van der Waals surface area contributed by atoms with E-state index in [4.69, 9.17) is 10.5 Å². The van der Waals surface area contributed by atoms with Gasteiger partial charge in [-0.2, -0.15) is 0 Å². The summed E-state index contributed by atoms with van der Waals surface area (Å²) in [5.74, 6) is -0.359. The SMILES string of the molecule is CC(C)(C)c1ccc(COC(=O)c2cccc(N)c2)cc1. The molecule has 0 radical (unpaired) electrons. The molecular formula is C18H21NO2. The summed E-state index contributed by atoms with van der Waals surface area (Å²) in [7, 11) is 0. The van der Waals surface area contributed by atoms with E-state index in [9.17, 15) is 4.79 Å². The molecule has 2 N–H and O–H groups in total. The first kappa shape index (κ1) is 15.1. The van der Waals surface area contributed by atoms with Crippen LogP contribution in [0.2, 0.25) is 0 Å². The van der Waals surface area contributed by atoms with Crippen LogP contribution in [0.15, 0.2) is 48.5 Å². The van der Waals surface area contributed by atoms with Crippen LogP contribution in [0.4, 0.5) is 5.69 Å². The van der Waals surface area contributed by atoms with Crippen molar-refractivity contribution in [2.24, 2.45) is 0 Å². The van der Waals surface area contributed by atoms with E-state index in [1.165, 1.54) is 5.56 Å². The molecule has 3 heteroatoms. The van der Waals surface area contributed by atoms with Crippen LogP contribution in [0.5, 0.6) is 0 Å². The van der Waals surface area contributed by atoms with Gasteiger partial charge in [-0.25, -0.2) is 4.79 Å². The molecule has 2 aromatic carbocycles. The van der Waals surface area contributed by atoms with Gasteiger partial charge in [-0.15, -0.1) is 0 Å². The molecule has 0 saturated heterocycles. The van der Waals surface area contributed by atoms with Crippen LogP contribution >= 0.6 is 0 Å². The summed E-state index contributed by atoms with van der Waals surface area (Å²) in [5, 5.41) is 0. The van der Waals surface area contributed by atoms with Gasteiger partial charge in [0, 0.05) is 5.69 Å². The maximum Gasteiger partial charge on any atom is 0.338 e. The number of esters is 1. The molecule has 2 rings (SSSR count). The maximum atomic E-state index is 11.9. The first-order chi connectivity index (χ1) is 9.86. The quantitative estimate of drug-likeness (QED) is 0.686. The lowest BCUT2D eigenvalue weighted by molar-refractivity contribution is 0.0472. The van der Waals surface area contributed by atoms with Crippen molar-refractivity contribution in [3.63, 3.8) is 0 Å². The molecule has 0 aliphatic rings. The number of carbonyl (C=O) groups is 1. The summed E-state index contributed by atoms with van der Waals surface area (Å²) in [5.41, 5.74) is 9.03. The predicted octanol–water partition coefficient (Wildman–Crippen LogP) is 3.92. The van der Waals surface area contributed by atoms with E-state index in [0.29, 0.717) is 11.3 Å². The van der Waals surface area contributed by atoms with Crippen molar-refractivity contribution in [2.75, 3.05) is 5.73 Å². The smallest absolute Gasteiger partial charge is 0.338 e. The molecule has 0 bridgehead atoms. The first-order valence-corrected chi connectivity index (χ1v) is 6.98. The third-order valence-electron chi connectivity index (χ3n) is 3.31. The van der Waals surface area contributed by atoms with E-state index in [-0.39, 0.29) is 18.0 Å². The number of ether oxygens (including phenoxy) is 1. The number of anilines is 1. The summed E-state index contributed by atoms with van der Waals surface area (Å²) >= 11 is 0. The lowest BCUT2D eigenvalue weighted by Crippen LogP contribution is -2.11. The molecule has 0 fully saturated rings. The van der Waals surface area contributed by atoms with Gasteiger partial charge in [0.2, 0.25) is 0 Å². The van der Waals surface area contributed by atoms with Crippen LogP contribution in [0.25, 0.3) is 0 Å². The molecule has 0 heterocycles. The van der Waals surface area contributed by atoms with Gasteiger partial charge in [0.25, 0.3) is 0 Å². The third kappa shape index (κ3) is 4.09. The second-order valence-corrected chi connectivity index (χ2v) is 6.15. The molecular weight excluding hydrogens is 262 g/mol. The minimum Gasteiger partial charge on any atom is -0.457 e. The minimum atomic E-state index is -0.359. The van der Waals surface area contributed by atoms with Crippen molar-refractivity contribution >= 4 is 11.7 Å². The summed E-state index contributed by atoms with van der Waals surface area (Å²) in [6.45, 7) is 6.77. The maximum absolute atomic E-state index is 11.9. The monoisotopic (exact) mass is 283 g/mol. The molecule has 110 valence electrons. The number of hydrogen-bond donors (Lipinski definition) is 1. The Balaban J connectivity index is 1.98. The van der Waals surface area contributed by atoms with E-state index in [2.05, 4.69) is 32.9 Å². The Kier molecular flexibility index (Phi) is 4.32. The van der Waals surface area contributed by atoms with Crippen molar-refractivity contribution in [1.29, 1.82) is 0 Å². The molecule has 0 aliphatic carbocycles. The van der Waals surface area contributed by atoms with Crippen molar-refractivity contribution in [3.8, 4) is 0 Å². The first-order valence-electron chi connectivity index (χ1n) is 6.98. The van der Waals surface area contributed by atoms with Gasteiger partial charge in [0.15, 0.2) is 0 Å². The Morgan fingerprint density at radius 2 is 1.76 bits per heavy atom. The fourth-order valence-corrected chi connectivity index (χ4v) is 2.00. The molecule has 0 saturated carbocycles. The average Bonchev–Trinajstić information content (AvgIpc) is 2.44. The highest BCUT2D eigenvalue weighted by atomic mass is 16.5. The van der Waals surface area contributed by atoms with Gasteiger partial charge in [0.05, 0.1) is 5.56 Å². The fraction of sp³-hybridized carbons (Fsp3) is 0.278.